The van der Waals surface area contributed by atoms with E-state index in [0.29, 0.717) is 24.3 Å². The van der Waals surface area contributed by atoms with E-state index in [1.165, 1.54) is 6.42 Å². The summed E-state index contributed by atoms with van der Waals surface area (Å²) in [5.74, 6) is 0.494. The highest BCUT2D eigenvalue weighted by Crippen LogP contribution is 2.34. The van der Waals surface area contributed by atoms with Crippen LogP contribution in [0, 0.1) is 11.8 Å². The average Bonchev–Trinajstić information content (AvgIpc) is 2.33. The number of aliphatic carboxylic acids is 1. The fourth-order valence-corrected chi connectivity index (χ4v) is 2.86. The second-order valence-electron chi connectivity index (χ2n) is 5.84. The predicted octanol–water partition coefficient (Wildman–Crippen LogP) is 2.71. The van der Waals surface area contributed by atoms with Crippen LogP contribution in [0.2, 0.25) is 0 Å². The molecule has 0 saturated heterocycles. The largest absolute Gasteiger partial charge is 0.480 e. The first-order valence-electron chi connectivity index (χ1n) is 7.10. The molecule has 1 saturated carbocycles. The number of rotatable bonds is 6. The molecule has 2 N–H and O–H groups in total. The first-order chi connectivity index (χ1) is 9.08. The average molecular weight is 261 g/mol. The lowest BCUT2D eigenvalue weighted by Crippen LogP contribution is -2.53. The van der Waals surface area contributed by atoms with Crippen molar-refractivity contribution in [1.82, 2.24) is 5.32 Å². The lowest BCUT2D eigenvalue weighted by atomic mass is 9.72. The molecule has 1 aliphatic carbocycles. The SMILES string of the molecule is CC(C)C1CCC1N[C@@H](Cc1ccccc1)C(=O)O. The monoisotopic (exact) mass is 261 g/mol. The van der Waals surface area contributed by atoms with Gasteiger partial charge < -0.3 is 10.4 Å². The maximum absolute atomic E-state index is 11.4. The van der Waals surface area contributed by atoms with Crippen LogP contribution >= 0.6 is 0 Å². The van der Waals surface area contributed by atoms with Gasteiger partial charge in [-0.05, 0) is 36.7 Å². The number of benzene rings is 1. The smallest absolute Gasteiger partial charge is 0.321 e. The number of carboxylic acid groups (broad SMARTS) is 1. The maximum atomic E-state index is 11.4. The summed E-state index contributed by atoms with van der Waals surface area (Å²) >= 11 is 0. The third kappa shape index (κ3) is 3.57. The van der Waals surface area contributed by atoms with Crippen molar-refractivity contribution in [1.29, 1.82) is 0 Å². The fraction of sp³-hybridized carbons (Fsp3) is 0.562. The van der Waals surface area contributed by atoms with E-state index in [0.717, 1.165) is 12.0 Å². The molecule has 1 aromatic carbocycles. The molecular weight excluding hydrogens is 238 g/mol. The Labute approximate surface area is 115 Å². The van der Waals surface area contributed by atoms with Crippen LogP contribution in [0.4, 0.5) is 0 Å². The van der Waals surface area contributed by atoms with Gasteiger partial charge in [-0.15, -0.1) is 0 Å². The molecule has 3 atom stereocenters. The Morgan fingerprint density at radius 1 is 1.32 bits per heavy atom. The van der Waals surface area contributed by atoms with Gasteiger partial charge in [0.15, 0.2) is 0 Å². The van der Waals surface area contributed by atoms with E-state index in [1.54, 1.807) is 0 Å². The highest BCUT2D eigenvalue weighted by molar-refractivity contribution is 5.74. The van der Waals surface area contributed by atoms with Crippen LogP contribution in [-0.4, -0.2) is 23.2 Å². The Balaban J connectivity index is 1.96. The van der Waals surface area contributed by atoms with Crippen molar-refractivity contribution >= 4 is 5.97 Å². The van der Waals surface area contributed by atoms with Gasteiger partial charge in [0.2, 0.25) is 0 Å². The first-order valence-corrected chi connectivity index (χ1v) is 7.10. The van der Waals surface area contributed by atoms with E-state index < -0.39 is 12.0 Å². The van der Waals surface area contributed by atoms with Crippen molar-refractivity contribution in [3.05, 3.63) is 35.9 Å². The molecule has 1 fully saturated rings. The number of hydrogen-bond donors (Lipinski definition) is 2. The molecule has 0 amide bonds. The summed E-state index contributed by atoms with van der Waals surface area (Å²) in [4.78, 5) is 11.4. The summed E-state index contributed by atoms with van der Waals surface area (Å²) in [6.07, 6.45) is 2.87. The van der Waals surface area contributed by atoms with E-state index in [9.17, 15) is 9.90 Å². The molecule has 3 nitrogen and oxygen atoms in total. The summed E-state index contributed by atoms with van der Waals surface area (Å²) in [5, 5.41) is 12.7. The molecule has 104 valence electrons. The van der Waals surface area contributed by atoms with Crippen molar-refractivity contribution in [2.24, 2.45) is 11.8 Å². The fourth-order valence-electron chi connectivity index (χ4n) is 2.86. The van der Waals surface area contributed by atoms with E-state index in [4.69, 9.17) is 0 Å². The summed E-state index contributed by atoms with van der Waals surface area (Å²) in [7, 11) is 0. The van der Waals surface area contributed by atoms with Crippen molar-refractivity contribution in [2.45, 2.75) is 45.2 Å². The van der Waals surface area contributed by atoms with Gasteiger partial charge in [0.25, 0.3) is 0 Å². The van der Waals surface area contributed by atoms with Gasteiger partial charge in [0.1, 0.15) is 6.04 Å². The topological polar surface area (TPSA) is 49.3 Å². The van der Waals surface area contributed by atoms with Crippen LogP contribution in [0.1, 0.15) is 32.3 Å². The quantitative estimate of drug-likeness (QED) is 0.827. The Kier molecular flexibility index (Phi) is 4.59. The van der Waals surface area contributed by atoms with Crippen LogP contribution in [0.15, 0.2) is 30.3 Å². The summed E-state index contributed by atoms with van der Waals surface area (Å²) in [5.41, 5.74) is 1.07. The lowest BCUT2D eigenvalue weighted by Gasteiger charge is -2.41. The van der Waals surface area contributed by atoms with Crippen molar-refractivity contribution in [3.8, 4) is 0 Å². The number of carbonyl (C=O) groups is 1. The lowest BCUT2D eigenvalue weighted by molar-refractivity contribution is -0.140. The Morgan fingerprint density at radius 2 is 2.00 bits per heavy atom. The van der Waals surface area contributed by atoms with Crippen LogP contribution in [0.25, 0.3) is 0 Å². The van der Waals surface area contributed by atoms with Gasteiger partial charge in [-0.1, -0.05) is 44.2 Å². The normalized spacial score (nSPS) is 23.9. The molecular formula is C16H23NO2. The standard InChI is InChI=1S/C16H23NO2/c1-11(2)13-8-9-14(13)17-15(16(18)19)10-12-6-4-3-5-7-12/h3-7,11,13-15,17H,8-10H2,1-2H3,(H,18,19)/t13?,14?,15-/m0/s1. The number of nitrogens with one attached hydrogen (secondary N) is 1. The van der Waals surface area contributed by atoms with Gasteiger partial charge in [-0.25, -0.2) is 0 Å². The molecule has 1 aliphatic rings. The van der Waals surface area contributed by atoms with Gasteiger partial charge >= 0.3 is 5.97 Å². The predicted molar refractivity (Wildman–Crippen MR) is 76.1 cm³/mol. The zero-order valence-corrected chi connectivity index (χ0v) is 11.7. The third-order valence-corrected chi connectivity index (χ3v) is 4.18. The number of carboxylic acids is 1. The molecule has 0 radical (unpaired) electrons. The zero-order chi connectivity index (χ0) is 13.8. The van der Waals surface area contributed by atoms with Gasteiger partial charge in [-0.3, -0.25) is 4.79 Å². The van der Waals surface area contributed by atoms with Crippen LogP contribution in [0.5, 0.6) is 0 Å². The minimum Gasteiger partial charge on any atom is -0.480 e. The third-order valence-electron chi connectivity index (χ3n) is 4.18. The van der Waals surface area contributed by atoms with Gasteiger partial charge in [0, 0.05) is 6.04 Å². The number of hydrogen-bond acceptors (Lipinski definition) is 2. The van der Waals surface area contributed by atoms with Crippen LogP contribution in [-0.2, 0) is 11.2 Å². The Hall–Kier alpha value is -1.35. The van der Waals surface area contributed by atoms with E-state index in [2.05, 4.69) is 19.2 Å². The molecule has 3 heteroatoms. The van der Waals surface area contributed by atoms with E-state index in [1.807, 2.05) is 30.3 Å². The minimum absolute atomic E-state index is 0.366. The highest BCUT2D eigenvalue weighted by Gasteiger charge is 2.35. The van der Waals surface area contributed by atoms with Crippen molar-refractivity contribution < 1.29 is 9.90 Å². The molecule has 2 unspecified atom stereocenters. The van der Waals surface area contributed by atoms with Gasteiger partial charge in [-0.2, -0.15) is 0 Å². The molecule has 0 aromatic heterocycles. The highest BCUT2D eigenvalue weighted by atomic mass is 16.4. The molecule has 0 aliphatic heterocycles. The van der Waals surface area contributed by atoms with Crippen molar-refractivity contribution in [3.63, 3.8) is 0 Å². The van der Waals surface area contributed by atoms with Crippen molar-refractivity contribution in [2.75, 3.05) is 0 Å². The molecule has 0 spiro atoms. The second kappa shape index (κ2) is 6.20. The Bertz CT molecular complexity index is 416. The van der Waals surface area contributed by atoms with Gasteiger partial charge in [0.05, 0.1) is 0 Å². The molecule has 1 aromatic rings. The zero-order valence-electron chi connectivity index (χ0n) is 11.7. The van der Waals surface area contributed by atoms with Crippen LogP contribution < -0.4 is 5.32 Å². The van der Waals surface area contributed by atoms with E-state index in [-0.39, 0.29) is 0 Å². The summed E-state index contributed by atoms with van der Waals surface area (Å²) in [6, 6.07) is 9.71. The molecule has 0 bridgehead atoms. The maximum Gasteiger partial charge on any atom is 0.321 e. The summed E-state index contributed by atoms with van der Waals surface area (Å²) < 4.78 is 0. The first kappa shape index (κ1) is 14.1. The molecule has 0 heterocycles. The Morgan fingerprint density at radius 3 is 2.47 bits per heavy atom. The summed E-state index contributed by atoms with van der Waals surface area (Å²) in [6.45, 7) is 4.43. The second-order valence-corrected chi connectivity index (χ2v) is 5.84. The molecule has 2 rings (SSSR count). The van der Waals surface area contributed by atoms with Crippen LogP contribution in [0.3, 0.4) is 0 Å². The minimum atomic E-state index is -0.752. The van der Waals surface area contributed by atoms with E-state index >= 15 is 0 Å². The molecule has 19 heavy (non-hydrogen) atoms.